The summed E-state index contributed by atoms with van der Waals surface area (Å²) in [5.41, 5.74) is 2.77. The molecular weight excluding hydrogens is 352 g/mol. The van der Waals surface area contributed by atoms with Crippen LogP contribution < -0.4 is 10.1 Å². The third-order valence-corrected chi connectivity index (χ3v) is 4.13. The Balaban J connectivity index is 1.68. The van der Waals surface area contributed by atoms with E-state index in [1.807, 2.05) is 20.0 Å². The summed E-state index contributed by atoms with van der Waals surface area (Å²) in [4.78, 5) is 12.5. The van der Waals surface area contributed by atoms with Gasteiger partial charge in [0, 0.05) is 29.9 Å². The van der Waals surface area contributed by atoms with Crippen molar-refractivity contribution in [2.75, 3.05) is 0 Å². The molecule has 0 fully saturated rings. The minimum Gasteiger partial charge on any atom is -0.486 e. The SMILES string of the molecule is Cc1cc(CNC(=O)c2ccccc2COc2ccc(F)cc2F)nn1C. The van der Waals surface area contributed by atoms with Crippen LogP contribution in [0.1, 0.15) is 27.3 Å². The molecule has 0 aliphatic carbocycles. The maximum Gasteiger partial charge on any atom is 0.252 e. The van der Waals surface area contributed by atoms with Crippen LogP contribution in [-0.2, 0) is 20.2 Å². The van der Waals surface area contributed by atoms with Crippen molar-refractivity contribution in [1.29, 1.82) is 0 Å². The zero-order valence-corrected chi connectivity index (χ0v) is 15.0. The van der Waals surface area contributed by atoms with Crippen LogP contribution in [0, 0.1) is 18.6 Å². The van der Waals surface area contributed by atoms with E-state index in [1.165, 1.54) is 6.07 Å². The predicted molar refractivity (Wildman–Crippen MR) is 96.2 cm³/mol. The summed E-state index contributed by atoms with van der Waals surface area (Å²) < 4.78 is 33.8. The van der Waals surface area contributed by atoms with Gasteiger partial charge < -0.3 is 10.1 Å². The van der Waals surface area contributed by atoms with Gasteiger partial charge in [-0.3, -0.25) is 9.48 Å². The zero-order valence-electron chi connectivity index (χ0n) is 15.0. The maximum absolute atomic E-state index is 13.7. The van der Waals surface area contributed by atoms with E-state index in [2.05, 4.69) is 10.4 Å². The molecule has 0 bridgehead atoms. The normalized spacial score (nSPS) is 10.7. The standard InChI is InChI=1S/C20H19F2N3O2/c1-13-9-16(24-25(13)2)11-23-20(26)17-6-4-3-5-14(17)12-27-19-8-7-15(21)10-18(19)22/h3-10H,11-12H2,1-2H3,(H,23,26). The average molecular weight is 371 g/mol. The quantitative estimate of drug-likeness (QED) is 0.721. The van der Waals surface area contributed by atoms with Gasteiger partial charge in [0.15, 0.2) is 11.6 Å². The van der Waals surface area contributed by atoms with Crippen molar-refractivity contribution in [3.8, 4) is 5.75 Å². The van der Waals surface area contributed by atoms with Crippen LogP contribution in [0.3, 0.4) is 0 Å². The first kappa shape index (κ1) is 18.6. The molecule has 2 aromatic carbocycles. The predicted octanol–water partition coefficient (Wildman–Crippen LogP) is 3.52. The van der Waals surface area contributed by atoms with Crippen molar-refractivity contribution >= 4 is 5.91 Å². The van der Waals surface area contributed by atoms with Gasteiger partial charge in [-0.2, -0.15) is 5.10 Å². The summed E-state index contributed by atoms with van der Waals surface area (Å²) in [6.07, 6.45) is 0. The van der Waals surface area contributed by atoms with Gasteiger partial charge in [0.1, 0.15) is 12.4 Å². The molecule has 140 valence electrons. The number of nitrogens with zero attached hydrogens (tertiary/aromatic N) is 2. The number of rotatable bonds is 6. The summed E-state index contributed by atoms with van der Waals surface area (Å²) in [6, 6.07) is 11.9. The summed E-state index contributed by atoms with van der Waals surface area (Å²) in [5, 5.41) is 7.12. The van der Waals surface area contributed by atoms with Crippen molar-refractivity contribution in [3.05, 3.63) is 82.7 Å². The van der Waals surface area contributed by atoms with Gasteiger partial charge in [0.2, 0.25) is 0 Å². The molecule has 1 aromatic heterocycles. The van der Waals surface area contributed by atoms with Crippen LogP contribution in [-0.4, -0.2) is 15.7 Å². The number of hydrogen-bond donors (Lipinski definition) is 1. The largest absolute Gasteiger partial charge is 0.486 e. The Bertz CT molecular complexity index is 950. The first-order valence-electron chi connectivity index (χ1n) is 8.37. The Morgan fingerprint density at radius 3 is 2.67 bits per heavy atom. The number of carbonyl (C=O) groups excluding carboxylic acids is 1. The van der Waals surface area contributed by atoms with E-state index < -0.39 is 11.6 Å². The summed E-state index contributed by atoms with van der Waals surface area (Å²) in [6.45, 7) is 2.21. The molecule has 0 aliphatic heterocycles. The first-order valence-corrected chi connectivity index (χ1v) is 8.37. The highest BCUT2D eigenvalue weighted by atomic mass is 19.1. The molecule has 1 amide bonds. The maximum atomic E-state index is 13.7. The topological polar surface area (TPSA) is 56.1 Å². The fourth-order valence-electron chi connectivity index (χ4n) is 2.60. The highest BCUT2D eigenvalue weighted by molar-refractivity contribution is 5.95. The third kappa shape index (κ3) is 4.49. The molecule has 7 heteroatoms. The number of aryl methyl sites for hydroxylation is 2. The molecule has 27 heavy (non-hydrogen) atoms. The lowest BCUT2D eigenvalue weighted by Gasteiger charge is -2.11. The lowest BCUT2D eigenvalue weighted by atomic mass is 10.1. The fourth-order valence-corrected chi connectivity index (χ4v) is 2.60. The molecule has 0 atom stereocenters. The third-order valence-electron chi connectivity index (χ3n) is 4.13. The van der Waals surface area contributed by atoms with Gasteiger partial charge >= 0.3 is 0 Å². The molecule has 3 rings (SSSR count). The Morgan fingerprint density at radius 1 is 1.19 bits per heavy atom. The minimum absolute atomic E-state index is 0.0190. The number of aromatic nitrogens is 2. The molecule has 0 spiro atoms. The molecular formula is C20H19F2N3O2. The number of hydrogen-bond acceptors (Lipinski definition) is 3. The number of nitrogens with one attached hydrogen (secondary N) is 1. The monoisotopic (exact) mass is 371 g/mol. The second-order valence-electron chi connectivity index (χ2n) is 6.10. The van der Waals surface area contributed by atoms with Crippen molar-refractivity contribution in [2.24, 2.45) is 7.05 Å². The van der Waals surface area contributed by atoms with Crippen molar-refractivity contribution in [1.82, 2.24) is 15.1 Å². The van der Waals surface area contributed by atoms with E-state index in [4.69, 9.17) is 4.74 Å². The van der Waals surface area contributed by atoms with Gasteiger partial charge in [0.25, 0.3) is 5.91 Å². The Morgan fingerprint density at radius 2 is 1.96 bits per heavy atom. The molecule has 0 saturated carbocycles. The Kier molecular flexibility index (Phi) is 5.49. The molecule has 5 nitrogen and oxygen atoms in total. The smallest absolute Gasteiger partial charge is 0.252 e. The summed E-state index contributed by atoms with van der Waals surface area (Å²) >= 11 is 0. The van der Waals surface area contributed by atoms with Crippen LogP contribution in [0.25, 0.3) is 0 Å². The fraction of sp³-hybridized carbons (Fsp3) is 0.200. The van der Waals surface area contributed by atoms with Crippen molar-refractivity contribution < 1.29 is 18.3 Å². The highest BCUT2D eigenvalue weighted by Crippen LogP contribution is 2.20. The number of benzene rings is 2. The van der Waals surface area contributed by atoms with Gasteiger partial charge in [-0.15, -0.1) is 0 Å². The summed E-state index contributed by atoms with van der Waals surface area (Å²) in [7, 11) is 1.84. The molecule has 3 aromatic rings. The van der Waals surface area contributed by atoms with Gasteiger partial charge in [0.05, 0.1) is 12.2 Å². The first-order chi connectivity index (χ1) is 12.9. The van der Waals surface area contributed by atoms with E-state index in [1.54, 1.807) is 28.9 Å². The lowest BCUT2D eigenvalue weighted by Crippen LogP contribution is -2.24. The van der Waals surface area contributed by atoms with E-state index >= 15 is 0 Å². The second-order valence-corrected chi connectivity index (χ2v) is 6.10. The highest BCUT2D eigenvalue weighted by Gasteiger charge is 2.13. The van der Waals surface area contributed by atoms with Crippen LogP contribution in [0.4, 0.5) is 8.78 Å². The molecule has 0 unspecified atom stereocenters. The zero-order chi connectivity index (χ0) is 19.4. The van der Waals surface area contributed by atoms with E-state index in [0.29, 0.717) is 17.7 Å². The number of amides is 1. The molecule has 0 radical (unpaired) electrons. The molecule has 0 aliphatic rings. The number of carbonyl (C=O) groups is 1. The average Bonchev–Trinajstić information content (AvgIpc) is 2.97. The number of halogens is 2. The lowest BCUT2D eigenvalue weighted by molar-refractivity contribution is 0.0947. The van der Waals surface area contributed by atoms with Crippen LogP contribution in [0.2, 0.25) is 0 Å². The van der Waals surface area contributed by atoms with E-state index in [9.17, 15) is 13.6 Å². The minimum atomic E-state index is -0.789. The van der Waals surface area contributed by atoms with Crippen LogP contribution in [0.15, 0.2) is 48.5 Å². The van der Waals surface area contributed by atoms with Crippen LogP contribution >= 0.6 is 0 Å². The van der Waals surface area contributed by atoms with Gasteiger partial charge in [-0.1, -0.05) is 18.2 Å². The second kappa shape index (κ2) is 7.99. The van der Waals surface area contributed by atoms with E-state index in [0.717, 1.165) is 23.5 Å². The Hall–Kier alpha value is -3.22. The molecule has 1 N–H and O–H groups in total. The Labute approximate surface area is 155 Å². The van der Waals surface area contributed by atoms with Crippen molar-refractivity contribution in [2.45, 2.75) is 20.1 Å². The molecule has 0 saturated heterocycles. The van der Waals surface area contributed by atoms with Crippen LogP contribution in [0.5, 0.6) is 5.75 Å². The van der Waals surface area contributed by atoms with Crippen molar-refractivity contribution in [3.63, 3.8) is 0 Å². The molecule has 1 heterocycles. The van der Waals surface area contributed by atoms with E-state index in [-0.39, 0.29) is 18.3 Å². The summed E-state index contributed by atoms with van der Waals surface area (Å²) in [5.74, 6) is -1.82. The number of ether oxygens (including phenoxy) is 1. The van der Waals surface area contributed by atoms with Gasteiger partial charge in [-0.25, -0.2) is 8.78 Å². The van der Waals surface area contributed by atoms with Gasteiger partial charge in [-0.05, 0) is 31.2 Å².